The number of nitrogen functional groups attached to an aromatic ring is 1. The highest BCUT2D eigenvalue weighted by Crippen LogP contribution is 2.18. The van der Waals surface area contributed by atoms with Crippen LogP contribution in [0.4, 0.5) is 5.69 Å². The molecule has 1 aromatic rings. The molecule has 0 radical (unpaired) electrons. The van der Waals surface area contributed by atoms with E-state index in [4.69, 9.17) is 5.73 Å². The average molecular weight is 275 g/mol. The summed E-state index contributed by atoms with van der Waals surface area (Å²) >= 11 is 0. The van der Waals surface area contributed by atoms with Crippen molar-refractivity contribution in [3.05, 3.63) is 29.8 Å². The zero-order valence-electron chi connectivity index (χ0n) is 13.0. The Labute approximate surface area is 123 Å². The highest BCUT2D eigenvalue weighted by atomic mass is 15.1. The second kappa shape index (κ2) is 7.65. The second-order valence-corrected chi connectivity index (χ2v) is 6.40. The Kier molecular flexibility index (Phi) is 5.86. The van der Waals surface area contributed by atoms with Crippen molar-refractivity contribution in [2.24, 2.45) is 5.92 Å². The standard InChI is InChI=1S/C17H29N3/c1-19(2)14-16-8-11-20(12-9-16)10-4-6-15-5-3-7-17(18)13-15/h3,5,7,13,16H,4,6,8-12,14,18H2,1-2H3. The van der Waals surface area contributed by atoms with Gasteiger partial charge in [-0.3, -0.25) is 0 Å². The Balaban J connectivity index is 1.64. The van der Waals surface area contributed by atoms with Crippen LogP contribution in [0.2, 0.25) is 0 Å². The Morgan fingerprint density at radius 3 is 2.65 bits per heavy atom. The van der Waals surface area contributed by atoms with Crippen LogP contribution >= 0.6 is 0 Å². The van der Waals surface area contributed by atoms with Gasteiger partial charge in [0, 0.05) is 12.2 Å². The fourth-order valence-corrected chi connectivity index (χ4v) is 3.16. The molecule has 3 nitrogen and oxygen atoms in total. The molecule has 20 heavy (non-hydrogen) atoms. The zero-order chi connectivity index (χ0) is 14.4. The number of nitrogens with two attached hydrogens (primary N) is 1. The lowest BCUT2D eigenvalue weighted by atomic mass is 9.96. The number of rotatable bonds is 6. The summed E-state index contributed by atoms with van der Waals surface area (Å²) < 4.78 is 0. The summed E-state index contributed by atoms with van der Waals surface area (Å²) in [7, 11) is 4.36. The number of benzene rings is 1. The number of aryl methyl sites for hydroxylation is 1. The highest BCUT2D eigenvalue weighted by Gasteiger charge is 2.18. The topological polar surface area (TPSA) is 32.5 Å². The lowest BCUT2D eigenvalue weighted by Crippen LogP contribution is -2.37. The van der Waals surface area contributed by atoms with Crippen LogP contribution < -0.4 is 5.73 Å². The van der Waals surface area contributed by atoms with Gasteiger partial charge < -0.3 is 15.5 Å². The molecule has 1 aromatic carbocycles. The summed E-state index contributed by atoms with van der Waals surface area (Å²) in [5, 5.41) is 0. The molecule has 0 aromatic heterocycles. The maximum absolute atomic E-state index is 5.81. The lowest BCUT2D eigenvalue weighted by Gasteiger charge is -2.33. The van der Waals surface area contributed by atoms with Crippen LogP contribution in [0.15, 0.2) is 24.3 Å². The average Bonchev–Trinajstić information content (AvgIpc) is 2.40. The van der Waals surface area contributed by atoms with Gasteiger partial charge in [-0.1, -0.05) is 12.1 Å². The minimum absolute atomic E-state index is 0.881. The van der Waals surface area contributed by atoms with Gasteiger partial charge in [0.1, 0.15) is 0 Å². The third-order valence-corrected chi connectivity index (χ3v) is 4.22. The minimum Gasteiger partial charge on any atom is -0.399 e. The van der Waals surface area contributed by atoms with Gasteiger partial charge in [-0.15, -0.1) is 0 Å². The van der Waals surface area contributed by atoms with Crippen LogP contribution in [-0.4, -0.2) is 50.1 Å². The summed E-state index contributed by atoms with van der Waals surface area (Å²) in [6.07, 6.45) is 5.09. The van der Waals surface area contributed by atoms with E-state index in [1.54, 1.807) is 0 Å². The van der Waals surface area contributed by atoms with Crippen molar-refractivity contribution < 1.29 is 0 Å². The van der Waals surface area contributed by atoms with E-state index < -0.39 is 0 Å². The molecule has 3 heteroatoms. The summed E-state index contributed by atoms with van der Waals surface area (Å²) in [4.78, 5) is 4.94. The van der Waals surface area contributed by atoms with E-state index >= 15 is 0 Å². The van der Waals surface area contributed by atoms with Crippen molar-refractivity contribution in [2.75, 3.05) is 46.0 Å². The summed E-state index contributed by atoms with van der Waals surface area (Å²) in [6, 6.07) is 8.29. The maximum Gasteiger partial charge on any atom is 0.0316 e. The Hall–Kier alpha value is -1.06. The molecule has 112 valence electrons. The first-order chi connectivity index (χ1) is 9.63. The Morgan fingerprint density at radius 1 is 1.25 bits per heavy atom. The van der Waals surface area contributed by atoms with Crippen LogP contribution in [0.1, 0.15) is 24.8 Å². The molecule has 1 heterocycles. The van der Waals surface area contributed by atoms with Gasteiger partial charge in [0.25, 0.3) is 0 Å². The molecule has 0 spiro atoms. The molecule has 1 saturated heterocycles. The van der Waals surface area contributed by atoms with Crippen molar-refractivity contribution in [1.82, 2.24) is 9.80 Å². The molecule has 2 N–H and O–H groups in total. The van der Waals surface area contributed by atoms with Gasteiger partial charge >= 0.3 is 0 Å². The van der Waals surface area contributed by atoms with E-state index in [0.29, 0.717) is 0 Å². The van der Waals surface area contributed by atoms with Gasteiger partial charge in [0.05, 0.1) is 0 Å². The minimum atomic E-state index is 0.881. The molecule has 0 aliphatic carbocycles. The molecule has 1 aliphatic heterocycles. The summed E-state index contributed by atoms with van der Waals surface area (Å²) in [5.74, 6) is 0.898. The smallest absolute Gasteiger partial charge is 0.0316 e. The first-order valence-corrected chi connectivity index (χ1v) is 7.85. The quantitative estimate of drug-likeness (QED) is 0.810. The molecule has 1 fully saturated rings. The first kappa shape index (κ1) is 15.3. The number of anilines is 1. The van der Waals surface area contributed by atoms with E-state index in [0.717, 1.165) is 18.0 Å². The molecule has 0 unspecified atom stereocenters. The van der Waals surface area contributed by atoms with Gasteiger partial charge in [-0.25, -0.2) is 0 Å². The zero-order valence-corrected chi connectivity index (χ0v) is 13.0. The third-order valence-electron chi connectivity index (χ3n) is 4.22. The van der Waals surface area contributed by atoms with E-state index in [1.165, 1.54) is 51.0 Å². The van der Waals surface area contributed by atoms with Crippen molar-refractivity contribution in [3.63, 3.8) is 0 Å². The fourth-order valence-electron chi connectivity index (χ4n) is 3.16. The number of hydrogen-bond acceptors (Lipinski definition) is 3. The molecule has 0 saturated carbocycles. The molecule has 1 aliphatic rings. The van der Waals surface area contributed by atoms with Crippen LogP contribution in [0, 0.1) is 5.92 Å². The van der Waals surface area contributed by atoms with Gasteiger partial charge in [0.15, 0.2) is 0 Å². The van der Waals surface area contributed by atoms with E-state index in [9.17, 15) is 0 Å². The fraction of sp³-hybridized carbons (Fsp3) is 0.647. The number of piperidine rings is 1. The maximum atomic E-state index is 5.81. The van der Waals surface area contributed by atoms with E-state index in [2.05, 4.69) is 42.1 Å². The SMILES string of the molecule is CN(C)CC1CCN(CCCc2cccc(N)c2)CC1. The van der Waals surface area contributed by atoms with Gasteiger partial charge in [-0.05, 0) is 83.0 Å². The predicted molar refractivity (Wildman–Crippen MR) is 86.9 cm³/mol. The monoisotopic (exact) mass is 275 g/mol. The molecule has 0 amide bonds. The van der Waals surface area contributed by atoms with Crippen molar-refractivity contribution in [1.29, 1.82) is 0 Å². The van der Waals surface area contributed by atoms with Crippen molar-refractivity contribution >= 4 is 5.69 Å². The predicted octanol–water partition coefficient (Wildman–Crippen LogP) is 2.47. The Morgan fingerprint density at radius 2 is 2.00 bits per heavy atom. The summed E-state index contributed by atoms with van der Waals surface area (Å²) in [6.45, 7) is 5.02. The van der Waals surface area contributed by atoms with Crippen LogP contribution in [0.3, 0.4) is 0 Å². The first-order valence-electron chi connectivity index (χ1n) is 7.85. The van der Waals surface area contributed by atoms with Crippen LogP contribution in [0.5, 0.6) is 0 Å². The third kappa shape index (κ3) is 5.14. The highest BCUT2D eigenvalue weighted by molar-refractivity contribution is 5.40. The largest absolute Gasteiger partial charge is 0.399 e. The molecule has 0 bridgehead atoms. The van der Waals surface area contributed by atoms with Crippen LogP contribution in [0.25, 0.3) is 0 Å². The van der Waals surface area contributed by atoms with E-state index in [1.807, 2.05) is 6.07 Å². The normalized spacial score (nSPS) is 17.8. The van der Waals surface area contributed by atoms with Gasteiger partial charge in [-0.2, -0.15) is 0 Å². The number of nitrogens with zero attached hydrogens (tertiary/aromatic N) is 2. The Bertz CT molecular complexity index is 395. The molecular formula is C17H29N3. The van der Waals surface area contributed by atoms with Crippen molar-refractivity contribution in [2.45, 2.75) is 25.7 Å². The lowest BCUT2D eigenvalue weighted by molar-refractivity contribution is 0.161. The number of hydrogen-bond donors (Lipinski definition) is 1. The molecule has 2 rings (SSSR count). The van der Waals surface area contributed by atoms with Crippen LogP contribution in [-0.2, 0) is 6.42 Å². The molecular weight excluding hydrogens is 246 g/mol. The van der Waals surface area contributed by atoms with Crippen molar-refractivity contribution in [3.8, 4) is 0 Å². The second-order valence-electron chi connectivity index (χ2n) is 6.40. The summed E-state index contributed by atoms with van der Waals surface area (Å²) in [5.41, 5.74) is 8.06. The molecule has 0 atom stereocenters. The van der Waals surface area contributed by atoms with Gasteiger partial charge in [0.2, 0.25) is 0 Å². The number of likely N-dealkylation sites (tertiary alicyclic amines) is 1. The van der Waals surface area contributed by atoms with E-state index in [-0.39, 0.29) is 0 Å².